The Morgan fingerprint density at radius 3 is 2.53 bits per heavy atom. The average molecular weight is 251 g/mol. The van der Waals surface area contributed by atoms with Crippen LogP contribution in [0.15, 0.2) is 24.3 Å². The smallest absolute Gasteiger partial charge is 0.115 e. The summed E-state index contributed by atoms with van der Waals surface area (Å²) in [6, 6.07) is 7.59. The highest BCUT2D eigenvalue weighted by molar-refractivity contribution is 7.99. The molecule has 0 bridgehead atoms. The van der Waals surface area contributed by atoms with Crippen LogP contribution in [-0.2, 0) is 6.42 Å². The van der Waals surface area contributed by atoms with Crippen LogP contribution in [0.4, 0.5) is 0 Å². The van der Waals surface area contributed by atoms with E-state index in [4.69, 9.17) is 5.73 Å². The van der Waals surface area contributed by atoms with E-state index in [0.717, 1.165) is 17.4 Å². The first-order valence-electron chi connectivity index (χ1n) is 6.39. The van der Waals surface area contributed by atoms with E-state index >= 15 is 0 Å². The van der Waals surface area contributed by atoms with Gasteiger partial charge < -0.3 is 10.8 Å². The fourth-order valence-corrected chi connectivity index (χ4v) is 3.61. The van der Waals surface area contributed by atoms with Gasteiger partial charge in [0.15, 0.2) is 0 Å². The van der Waals surface area contributed by atoms with Crippen LogP contribution in [0.1, 0.15) is 31.2 Å². The second-order valence-corrected chi connectivity index (χ2v) is 6.20. The van der Waals surface area contributed by atoms with Gasteiger partial charge >= 0.3 is 0 Å². The molecule has 0 heterocycles. The minimum atomic E-state index is 0.227. The zero-order valence-corrected chi connectivity index (χ0v) is 11.0. The average Bonchev–Trinajstić information content (AvgIpc) is 2.83. The largest absolute Gasteiger partial charge is 0.508 e. The van der Waals surface area contributed by atoms with Gasteiger partial charge in [-0.05, 0) is 37.0 Å². The third-order valence-corrected chi connectivity index (χ3v) is 4.85. The zero-order chi connectivity index (χ0) is 12.1. The molecule has 0 aromatic heterocycles. The molecule has 17 heavy (non-hydrogen) atoms. The highest BCUT2D eigenvalue weighted by Gasteiger charge is 2.16. The Morgan fingerprint density at radius 1 is 1.24 bits per heavy atom. The van der Waals surface area contributed by atoms with Crippen molar-refractivity contribution in [3.63, 3.8) is 0 Å². The van der Waals surface area contributed by atoms with Crippen LogP contribution in [-0.4, -0.2) is 22.2 Å². The Labute approximate surface area is 108 Å². The molecule has 1 aliphatic carbocycles. The van der Waals surface area contributed by atoms with E-state index < -0.39 is 0 Å². The van der Waals surface area contributed by atoms with E-state index in [9.17, 15) is 5.11 Å². The van der Waals surface area contributed by atoms with Crippen molar-refractivity contribution in [1.29, 1.82) is 0 Å². The molecule has 1 aromatic carbocycles. The van der Waals surface area contributed by atoms with Crippen molar-refractivity contribution in [1.82, 2.24) is 0 Å². The number of phenolic OH excluding ortho intramolecular Hbond substituents is 1. The molecule has 2 rings (SSSR count). The van der Waals surface area contributed by atoms with Crippen molar-refractivity contribution < 1.29 is 5.11 Å². The molecule has 3 heteroatoms. The topological polar surface area (TPSA) is 46.2 Å². The molecular formula is C14H21NOS. The molecule has 2 nitrogen and oxygen atoms in total. The number of benzene rings is 1. The molecule has 0 amide bonds. The van der Waals surface area contributed by atoms with E-state index in [0.29, 0.717) is 5.75 Å². The van der Waals surface area contributed by atoms with Crippen LogP contribution < -0.4 is 5.73 Å². The molecule has 1 saturated carbocycles. The molecule has 1 aliphatic rings. The lowest BCUT2D eigenvalue weighted by atomic mass is 10.1. The van der Waals surface area contributed by atoms with Gasteiger partial charge in [-0.2, -0.15) is 11.8 Å². The third-order valence-electron chi connectivity index (χ3n) is 3.28. The molecule has 1 fully saturated rings. The summed E-state index contributed by atoms with van der Waals surface area (Å²) in [5.74, 6) is 1.37. The SMILES string of the molecule is NC(CSC1CCCC1)Cc1ccc(O)cc1. The minimum absolute atomic E-state index is 0.227. The number of nitrogens with two attached hydrogens (primary N) is 1. The lowest BCUT2D eigenvalue weighted by Gasteiger charge is -2.14. The fraction of sp³-hybridized carbons (Fsp3) is 0.571. The van der Waals surface area contributed by atoms with Crippen LogP contribution in [0.2, 0.25) is 0 Å². The quantitative estimate of drug-likeness (QED) is 0.846. The molecule has 1 atom stereocenters. The van der Waals surface area contributed by atoms with E-state index in [-0.39, 0.29) is 6.04 Å². The van der Waals surface area contributed by atoms with Crippen molar-refractivity contribution in [3.8, 4) is 5.75 Å². The summed E-state index contributed by atoms with van der Waals surface area (Å²) >= 11 is 2.04. The van der Waals surface area contributed by atoms with Gasteiger partial charge in [-0.1, -0.05) is 25.0 Å². The van der Waals surface area contributed by atoms with Gasteiger partial charge in [0, 0.05) is 17.0 Å². The van der Waals surface area contributed by atoms with E-state index in [2.05, 4.69) is 0 Å². The maximum Gasteiger partial charge on any atom is 0.115 e. The van der Waals surface area contributed by atoms with Crippen molar-refractivity contribution in [3.05, 3.63) is 29.8 Å². The lowest BCUT2D eigenvalue weighted by Crippen LogP contribution is -2.26. The summed E-state index contributed by atoms with van der Waals surface area (Å²) < 4.78 is 0. The van der Waals surface area contributed by atoms with Crippen LogP contribution in [0.5, 0.6) is 5.75 Å². The number of rotatable bonds is 5. The van der Waals surface area contributed by atoms with Crippen molar-refractivity contribution in [2.24, 2.45) is 5.73 Å². The molecular weight excluding hydrogens is 230 g/mol. The van der Waals surface area contributed by atoms with Crippen LogP contribution >= 0.6 is 11.8 Å². The highest BCUT2D eigenvalue weighted by Crippen LogP contribution is 2.29. The number of hydrogen-bond acceptors (Lipinski definition) is 3. The molecule has 0 aliphatic heterocycles. The summed E-state index contributed by atoms with van der Waals surface area (Å²) in [7, 11) is 0. The molecule has 0 radical (unpaired) electrons. The van der Waals surface area contributed by atoms with Crippen LogP contribution in [0, 0.1) is 0 Å². The number of aromatic hydroxyl groups is 1. The lowest BCUT2D eigenvalue weighted by molar-refractivity contribution is 0.475. The van der Waals surface area contributed by atoms with Gasteiger partial charge in [0.25, 0.3) is 0 Å². The van der Waals surface area contributed by atoms with Gasteiger partial charge in [-0.15, -0.1) is 0 Å². The molecule has 94 valence electrons. The maximum atomic E-state index is 9.20. The predicted molar refractivity (Wildman–Crippen MR) is 74.5 cm³/mol. The minimum Gasteiger partial charge on any atom is -0.508 e. The van der Waals surface area contributed by atoms with Gasteiger partial charge in [-0.3, -0.25) is 0 Å². The Balaban J connectivity index is 1.72. The monoisotopic (exact) mass is 251 g/mol. The molecule has 1 unspecified atom stereocenters. The van der Waals surface area contributed by atoms with Gasteiger partial charge in [0.1, 0.15) is 5.75 Å². The van der Waals surface area contributed by atoms with Crippen LogP contribution in [0.3, 0.4) is 0 Å². The summed E-state index contributed by atoms with van der Waals surface area (Å²) in [4.78, 5) is 0. The summed E-state index contributed by atoms with van der Waals surface area (Å²) in [6.45, 7) is 0. The van der Waals surface area contributed by atoms with Crippen LogP contribution in [0.25, 0.3) is 0 Å². The Kier molecular flexibility index (Phi) is 4.75. The third kappa shape index (κ3) is 4.25. The van der Waals surface area contributed by atoms with Crippen molar-refractivity contribution >= 4 is 11.8 Å². The molecule has 0 saturated heterocycles. The van der Waals surface area contributed by atoms with Gasteiger partial charge in [-0.25, -0.2) is 0 Å². The molecule has 3 N–H and O–H groups in total. The maximum absolute atomic E-state index is 9.20. The number of hydrogen-bond donors (Lipinski definition) is 2. The first kappa shape index (κ1) is 12.8. The van der Waals surface area contributed by atoms with Crippen molar-refractivity contribution in [2.45, 2.75) is 43.4 Å². The van der Waals surface area contributed by atoms with E-state index in [1.807, 2.05) is 23.9 Å². The summed E-state index contributed by atoms with van der Waals surface area (Å²) in [6.07, 6.45) is 6.43. The second kappa shape index (κ2) is 6.31. The predicted octanol–water partition coefficient (Wildman–Crippen LogP) is 2.94. The van der Waals surface area contributed by atoms with E-state index in [1.54, 1.807) is 12.1 Å². The first-order valence-corrected chi connectivity index (χ1v) is 7.44. The normalized spacial score (nSPS) is 18.4. The molecule has 0 spiro atoms. The standard InChI is InChI=1S/C14H21NOS/c15-12(10-17-14-3-1-2-4-14)9-11-5-7-13(16)8-6-11/h5-8,12,14,16H,1-4,9-10,15H2. The molecule has 1 aromatic rings. The van der Waals surface area contributed by atoms with Gasteiger partial charge in [0.05, 0.1) is 0 Å². The summed E-state index contributed by atoms with van der Waals surface area (Å²) in [5.41, 5.74) is 7.35. The number of phenols is 1. The van der Waals surface area contributed by atoms with Gasteiger partial charge in [0.2, 0.25) is 0 Å². The second-order valence-electron chi connectivity index (χ2n) is 4.87. The Morgan fingerprint density at radius 2 is 1.88 bits per heavy atom. The zero-order valence-electron chi connectivity index (χ0n) is 10.1. The Bertz CT molecular complexity index is 333. The summed E-state index contributed by atoms with van der Waals surface area (Å²) in [5, 5.41) is 10.1. The van der Waals surface area contributed by atoms with Crippen molar-refractivity contribution in [2.75, 3.05) is 5.75 Å². The number of thioether (sulfide) groups is 1. The highest BCUT2D eigenvalue weighted by atomic mass is 32.2. The Hall–Kier alpha value is -0.670. The van der Waals surface area contributed by atoms with E-state index in [1.165, 1.54) is 31.2 Å². The first-order chi connectivity index (χ1) is 8.24. The fourth-order valence-electron chi connectivity index (χ4n) is 2.31.